The lowest BCUT2D eigenvalue weighted by Gasteiger charge is -2.33. The lowest BCUT2D eigenvalue weighted by Crippen LogP contribution is -2.39. The van der Waals surface area contributed by atoms with E-state index in [1.54, 1.807) is 0 Å². The van der Waals surface area contributed by atoms with Crippen LogP contribution < -0.4 is 0 Å². The summed E-state index contributed by atoms with van der Waals surface area (Å²) in [4.78, 5) is 18.5. The van der Waals surface area contributed by atoms with Crippen LogP contribution in [0.25, 0.3) is 10.9 Å². The van der Waals surface area contributed by atoms with Crippen molar-refractivity contribution in [3.05, 3.63) is 52.4 Å². The number of halogens is 1. The van der Waals surface area contributed by atoms with Crippen LogP contribution in [-0.2, 0) is 0 Å². The van der Waals surface area contributed by atoms with Gasteiger partial charge in [-0.1, -0.05) is 29.8 Å². The largest absolute Gasteiger partial charge is 0.361 e. The zero-order valence-electron chi connectivity index (χ0n) is 14.5. The Balaban J connectivity index is 1.42. The molecule has 2 fully saturated rings. The Morgan fingerprint density at radius 1 is 1.19 bits per heavy atom. The predicted molar refractivity (Wildman–Crippen MR) is 102 cm³/mol. The number of aromatic amines is 2. The Labute approximate surface area is 156 Å². The number of fused-ring (bicyclic) bond motifs is 1. The first-order valence-corrected chi connectivity index (χ1v) is 9.69. The third kappa shape index (κ3) is 2.62. The molecule has 1 unspecified atom stereocenters. The zero-order chi connectivity index (χ0) is 17.7. The molecule has 0 radical (unpaired) electrons. The van der Waals surface area contributed by atoms with Crippen LogP contribution >= 0.6 is 11.6 Å². The summed E-state index contributed by atoms with van der Waals surface area (Å²) in [5.41, 5.74) is 3.97. The van der Waals surface area contributed by atoms with Gasteiger partial charge >= 0.3 is 0 Å². The molecule has 5 nitrogen and oxygen atoms in total. The molecule has 1 aliphatic carbocycles. The van der Waals surface area contributed by atoms with Crippen LogP contribution in [0.4, 0.5) is 0 Å². The van der Waals surface area contributed by atoms with Crippen LogP contribution in [-0.4, -0.2) is 39.1 Å². The molecule has 26 heavy (non-hydrogen) atoms. The highest BCUT2D eigenvalue weighted by Crippen LogP contribution is 2.42. The Bertz CT molecular complexity index is 971. The molecule has 134 valence electrons. The molecule has 3 heterocycles. The first-order valence-electron chi connectivity index (χ1n) is 9.31. The molecule has 1 aliphatic heterocycles. The summed E-state index contributed by atoms with van der Waals surface area (Å²) >= 11 is 6.25. The van der Waals surface area contributed by atoms with Gasteiger partial charge in [-0.25, -0.2) is 0 Å². The van der Waals surface area contributed by atoms with Crippen molar-refractivity contribution in [3.63, 3.8) is 0 Å². The predicted octanol–water partition coefficient (Wildman–Crippen LogP) is 4.44. The Morgan fingerprint density at radius 3 is 2.88 bits per heavy atom. The minimum absolute atomic E-state index is 0.0233. The number of carbonyl (C=O) groups is 1. The topological polar surface area (TPSA) is 64.8 Å². The highest BCUT2D eigenvalue weighted by atomic mass is 35.5. The van der Waals surface area contributed by atoms with Gasteiger partial charge in [-0.3, -0.25) is 9.89 Å². The highest BCUT2D eigenvalue weighted by molar-refractivity contribution is 6.32. The number of benzene rings is 1. The lowest BCUT2D eigenvalue weighted by molar-refractivity contribution is 0.0706. The van der Waals surface area contributed by atoms with E-state index in [4.69, 9.17) is 11.6 Å². The molecule has 2 N–H and O–H groups in total. The first-order chi connectivity index (χ1) is 12.7. The monoisotopic (exact) mass is 368 g/mol. The second-order valence-electron chi connectivity index (χ2n) is 7.46. The molecule has 2 aromatic heterocycles. The second kappa shape index (κ2) is 6.16. The van der Waals surface area contributed by atoms with Gasteiger partial charge in [0.1, 0.15) is 0 Å². The number of amides is 1. The number of rotatable bonds is 3. The van der Waals surface area contributed by atoms with Gasteiger partial charge in [0.05, 0.1) is 11.3 Å². The lowest BCUT2D eigenvalue weighted by atomic mass is 9.90. The second-order valence-corrected chi connectivity index (χ2v) is 7.82. The van der Waals surface area contributed by atoms with Crippen molar-refractivity contribution in [2.75, 3.05) is 13.1 Å². The fraction of sp³-hybridized carbons (Fsp3) is 0.400. The van der Waals surface area contributed by atoms with Crippen LogP contribution in [0, 0.1) is 0 Å². The zero-order valence-corrected chi connectivity index (χ0v) is 15.2. The van der Waals surface area contributed by atoms with E-state index >= 15 is 0 Å². The molecule has 1 saturated heterocycles. The summed E-state index contributed by atoms with van der Waals surface area (Å²) in [6.45, 7) is 1.51. The molecule has 1 amide bonds. The number of hydrogen-bond donors (Lipinski definition) is 2. The van der Waals surface area contributed by atoms with E-state index in [-0.39, 0.29) is 5.91 Å². The summed E-state index contributed by atoms with van der Waals surface area (Å²) < 4.78 is 0. The number of H-pyrrole nitrogens is 2. The van der Waals surface area contributed by atoms with E-state index in [0.717, 1.165) is 50.0 Å². The maximum atomic E-state index is 13.2. The molecule has 0 spiro atoms. The molecule has 5 rings (SSSR count). The Hall–Kier alpha value is -2.27. The van der Waals surface area contributed by atoms with Gasteiger partial charge in [-0.05, 0) is 37.3 Å². The van der Waals surface area contributed by atoms with Crippen molar-refractivity contribution in [2.24, 2.45) is 0 Å². The number of aromatic nitrogens is 3. The quantitative estimate of drug-likeness (QED) is 0.717. The highest BCUT2D eigenvalue weighted by Gasteiger charge is 2.35. The smallest absolute Gasteiger partial charge is 0.258 e. The SMILES string of the molecule is O=C(c1c(Cl)n[nH]c1C1CC1)N1CCCC(c2c[nH]c3ccccc23)C1. The van der Waals surface area contributed by atoms with Crippen molar-refractivity contribution in [1.29, 1.82) is 0 Å². The van der Waals surface area contributed by atoms with E-state index < -0.39 is 0 Å². The molecule has 1 atom stereocenters. The summed E-state index contributed by atoms with van der Waals surface area (Å²) in [6.07, 6.45) is 6.42. The average Bonchev–Trinajstić information content (AvgIpc) is 3.31. The van der Waals surface area contributed by atoms with Crippen molar-refractivity contribution in [3.8, 4) is 0 Å². The molecule has 0 bridgehead atoms. The van der Waals surface area contributed by atoms with Crippen molar-refractivity contribution in [2.45, 2.75) is 37.5 Å². The average molecular weight is 369 g/mol. The number of likely N-dealkylation sites (tertiary alicyclic amines) is 1. The van der Waals surface area contributed by atoms with Gasteiger partial charge in [-0.15, -0.1) is 0 Å². The summed E-state index contributed by atoms with van der Waals surface area (Å²) in [5.74, 6) is 0.789. The first kappa shape index (κ1) is 15.9. The van der Waals surface area contributed by atoms with E-state index in [1.165, 1.54) is 10.9 Å². The maximum Gasteiger partial charge on any atom is 0.258 e. The number of carbonyl (C=O) groups excluding carboxylic acids is 1. The Kier molecular flexibility index (Phi) is 3.78. The van der Waals surface area contributed by atoms with Crippen LogP contribution in [0.1, 0.15) is 59.1 Å². The van der Waals surface area contributed by atoms with Crippen LogP contribution in [0.15, 0.2) is 30.5 Å². The minimum atomic E-state index is 0.0233. The summed E-state index contributed by atoms with van der Waals surface area (Å²) in [7, 11) is 0. The van der Waals surface area contributed by atoms with Gasteiger partial charge in [0.25, 0.3) is 5.91 Å². The molecule has 6 heteroatoms. The van der Waals surface area contributed by atoms with Crippen molar-refractivity contribution in [1.82, 2.24) is 20.1 Å². The van der Waals surface area contributed by atoms with Crippen LogP contribution in [0.5, 0.6) is 0 Å². The van der Waals surface area contributed by atoms with Crippen molar-refractivity contribution >= 4 is 28.4 Å². The molecular weight excluding hydrogens is 348 g/mol. The van der Waals surface area contributed by atoms with E-state index in [2.05, 4.69) is 39.6 Å². The van der Waals surface area contributed by atoms with E-state index in [1.807, 2.05) is 11.0 Å². The molecule has 1 aromatic carbocycles. The molecule has 1 saturated carbocycles. The maximum absolute atomic E-state index is 13.2. The molecule has 3 aromatic rings. The fourth-order valence-corrected chi connectivity index (χ4v) is 4.43. The number of hydrogen-bond acceptors (Lipinski definition) is 2. The third-order valence-corrected chi connectivity index (χ3v) is 5.99. The Morgan fingerprint density at radius 2 is 2.04 bits per heavy atom. The van der Waals surface area contributed by atoms with Crippen LogP contribution in [0.2, 0.25) is 5.15 Å². The fourth-order valence-electron chi connectivity index (χ4n) is 4.21. The standard InChI is InChI=1S/C20H21ClN4O/c21-19-17(18(23-24-19)12-7-8-12)20(26)25-9-3-4-13(11-25)15-10-22-16-6-2-1-5-14(15)16/h1-2,5-6,10,12-13,22H,3-4,7-9,11H2,(H,23,24). The number of nitrogens with zero attached hydrogens (tertiary/aromatic N) is 2. The summed E-state index contributed by atoms with van der Waals surface area (Å²) in [6, 6.07) is 8.36. The number of nitrogens with one attached hydrogen (secondary N) is 2. The normalized spacial score (nSPS) is 20.7. The van der Waals surface area contributed by atoms with Gasteiger partial charge in [-0.2, -0.15) is 5.10 Å². The van der Waals surface area contributed by atoms with E-state index in [9.17, 15) is 4.79 Å². The van der Waals surface area contributed by atoms with E-state index in [0.29, 0.717) is 22.6 Å². The van der Waals surface area contributed by atoms with Gasteiger partial charge in [0.2, 0.25) is 0 Å². The molecule has 2 aliphatic rings. The van der Waals surface area contributed by atoms with Gasteiger partial charge in [0, 0.05) is 42.0 Å². The third-order valence-electron chi connectivity index (χ3n) is 5.72. The molecular formula is C20H21ClN4O. The summed E-state index contributed by atoms with van der Waals surface area (Å²) in [5, 5.41) is 8.64. The van der Waals surface area contributed by atoms with Crippen LogP contribution in [0.3, 0.4) is 0 Å². The minimum Gasteiger partial charge on any atom is -0.361 e. The van der Waals surface area contributed by atoms with Gasteiger partial charge in [0.15, 0.2) is 5.15 Å². The number of piperidine rings is 1. The van der Waals surface area contributed by atoms with Gasteiger partial charge < -0.3 is 9.88 Å². The van der Waals surface area contributed by atoms with Crippen molar-refractivity contribution < 1.29 is 4.79 Å². The number of para-hydroxylation sites is 1.